The van der Waals surface area contributed by atoms with E-state index < -0.39 is 0 Å². The summed E-state index contributed by atoms with van der Waals surface area (Å²) in [7, 11) is 1.71. The summed E-state index contributed by atoms with van der Waals surface area (Å²) >= 11 is 0. The molecule has 0 aliphatic rings. The van der Waals surface area contributed by atoms with Gasteiger partial charge in [0.25, 0.3) is 0 Å². The molecule has 0 spiro atoms. The summed E-state index contributed by atoms with van der Waals surface area (Å²) in [5.74, 6) is 0.882. The Balaban J connectivity index is 2.09. The number of ether oxygens (including phenoxy) is 1. The van der Waals surface area contributed by atoms with E-state index in [4.69, 9.17) is 4.74 Å². The Kier molecular flexibility index (Phi) is 4.58. The molecule has 0 fully saturated rings. The Bertz CT molecular complexity index is 522. The first-order valence-electron chi connectivity index (χ1n) is 6.54. The predicted molar refractivity (Wildman–Crippen MR) is 77.3 cm³/mol. The number of nitrogens with one attached hydrogen (secondary N) is 1. The van der Waals surface area contributed by atoms with Gasteiger partial charge in [0, 0.05) is 26.0 Å². The van der Waals surface area contributed by atoms with Crippen LogP contribution in [-0.4, -0.2) is 23.3 Å². The van der Waals surface area contributed by atoms with Crippen LogP contribution >= 0.6 is 0 Å². The zero-order valence-corrected chi connectivity index (χ0v) is 11.8. The fourth-order valence-electron chi connectivity index (χ4n) is 2.16. The Morgan fingerprint density at radius 2 is 2.16 bits per heavy atom. The molecule has 0 aliphatic carbocycles. The molecule has 0 amide bonds. The van der Waals surface area contributed by atoms with Gasteiger partial charge in [-0.05, 0) is 25.0 Å². The standard InChI is InChI=1S/C15H21N3O/c1-12-6-4-5-7-14(12)13(2)17-15-16-8-9-18(15)10-11-19-3/h4-9,13H,10-11H2,1-3H3,(H,16,17). The summed E-state index contributed by atoms with van der Waals surface area (Å²) in [5, 5.41) is 3.45. The van der Waals surface area contributed by atoms with Crippen LogP contribution in [0.4, 0.5) is 5.95 Å². The van der Waals surface area contributed by atoms with Crippen molar-refractivity contribution in [2.24, 2.45) is 0 Å². The number of rotatable bonds is 6. The van der Waals surface area contributed by atoms with Gasteiger partial charge in [-0.1, -0.05) is 24.3 Å². The molecule has 0 saturated carbocycles. The van der Waals surface area contributed by atoms with E-state index in [1.165, 1.54) is 11.1 Å². The molecule has 102 valence electrons. The summed E-state index contributed by atoms with van der Waals surface area (Å²) in [4.78, 5) is 4.36. The molecule has 4 nitrogen and oxygen atoms in total. The molecule has 1 aromatic carbocycles. The highest BCUT2D eigenvalue weighted by atomic mass is 16.5. The van der Waals surface area contributed by atoms with Crippen molar-refractivity contribution in [1.29, 1.82) is 0 Å². The normalized spacial score (nSPS) is 12.4. The quantitative estimate of drug-likeness (QED) is 0.866. The van der Waals surface area contributed by atoms with Gasteiger partial charge in [0.15, 0.2) is 0 Å². The molecular weight excluding hydrogens is 238 g/mol. The molecule has 1 aromatic heterocycles. The Morgan fingerprint density at radius 1 is 1.37 bits per heavy atom. The molecule has 0 saturated heterocycles. The van der Waals surface area contributed by atoms with Crippen LogP contribution < -0.4 is 5.32 Å². The minimum absolute atomic E-state index is 0.227. The zero-order chi connectivity index (χ0) is 13.7. The van der Waals surface area contributed by atoms with E-state index in [9.17, 15) is 0 Å². The average molecular weight is 259 g/mol. The van der Waals surface area contributed by atoms with Crippen molar-refractivity contribution in [3.8, 4) is 0 Å². The van der Waals surface area contributed by atoms with E-state index in [2.05, 4.69) is 53.0 Å². The van der Waals surface area contributed by atoms with Gasteiger partial charge in [0.1, 0.15) is 0 Å². The number of benzene rings is 1. The van der Waals surface area contributed by atoms with Gasteiger partial charge in [-0.25, -0.2) is 4.98 Å². The fourth-order valence-corrected chi connectivity index (χ4v) is 2.16. The Morgan fingerprint density at radius 3 is 2.89 bits per heavy atom. The lowest BCUT2D eigenvalue weighted by Gasteiger charge is -2.18. The lowest BCUT2D eigenvalue weighted by molar-refractivity contribution is 0.187. The Hall–Kier alpha value is -1.81. The minimum Gasteiger partial charge on any atom is -0.383 e. The van der Waals surface area contributed by atoms with Gasteiger partial charge in [-0.15, -0.1) is 0 Å². The summed E-state index contributed by atoms with van der Waals surface area (Å²) in [6.07, 6.45) is 3.77. The van der Waals surface area contributed by atoms with Crippen LogP contribution in [0.3, 0.4) is 0 Å². The van der Waals surface area contributed by atoms with E-state index in [-0.39, 0.29) is 6.04 Å². The molecule has 1 atom stereocenters. The molecule has 1 N–H and O–H groups in total. The Labute approximate surface area is 114 Å². The van der Waals surface area contributed by atoms with Crippen LogP contribution in [0.2, 0.25) is 0 Å². The highest BCUT2D eigenvalue weighted by Gasteiger charge is 2.10. The predicted octanol–water partition coefficient (Wildman–Crippen LogP) is 3.01. The summed E-state index contributed by atoms with van der Waals surface area (Å²) in [6.45, 7) is 5.77. The van der Waals surface area contributed by atoms with E-state index in [0.717, 1.165) is 12.5 Å². The third-order valence-electron chi connectivity index (χ3n) is 3.25. The SMILES string of the molecule is COCCn1ccnc1NC(C)c1ccccc1C. The molecule has 1 heterocycles. The molecule has 0 aliphatic heterocycles. The molecule has 1 unspecified atom stereocenters. The number of nitrogens with zero attached hydrogens (tertiary/aromatic N) is 2. The zero-order valence-electron chi connectivity index (χ0n) is 11.8. The first kappa shape index (κ1) is 13.6. The largest absolute Gasteiger partial charge is 0.383 e. The number of hydrogen-bond donors (Lipinski definition) is 1. The second kappa shape index (κ2) is 6.38. The number of aromatic nitrogens is 2. The van der Waals surface area contributed by atoms with Crippen LogP contribution in [-0.2, 0) is 11.3 Å². The number of aryl methyl sites for hydroxylation is 1. The summed E-state index contributed by atoms with van der Waals surface area (Å²) in [6, 6.07) is 8.63. The van der Waals surface area contributed by atoms with Crippen molar-refractivity contribution < 1.29 is 4.74 Å². The molecule has 19 heavy (non-hydrogen) atoms. The van der Waals surface area contributed by atoms with Crippen molar-refractivity contribution in [2.45, 2.75) is 26.4 Å². The van der Waals surface area contributed by atoms with Crippen molar-refractivity contribution >= 4 is 5.95 Å². The van der Waals surface area contributed by atoms with Crippen molar-refractivity contribution in [1.82, 2.24) is 9.55 Å². The van der Waals surface area contributed by atoms with Gasteiger partial charge >= 0.3 is 0 Å². The van der Waals surface area contributed by atoms with Crippen LogP contribution in [0, 0.1) is 6.92 Å². The lowest BCUT2D eigenvalue weighted by Crippen LogP contribution is -2.14. The number of imidazole rings is 1. The van der Waals surface area contributed by atoms with Crippen LogP contribution in [0.25, 0.3) is 0 Å². The third-order valence-corrected chi connectivity index (χ3v) is 3.25. The maximum absolute atomic E-state index is 5.10. The molecule has 2 aromatic rings. The monoisotopic (exact) mass is 259 g/mol. The number of methoxy groups -OCH3 is 1. The van der Waals surface area contributed by atoms with Gasteiger partial charge in [-0.3, -0.25) is 0 Å². The molecule has 4 heteroatoms. The topological polar surface area (TPSA) is 39.1 Å². The highest BCUT2D eigenvalue weighted by molar-refractivity contribution is 5.36. The average Bonchev–Trinajstić information content (AvgIpc) is 2.84. The molecule has 0 bridgehead atoms. The molecular formula is C15H21N3O. The van der Waals surface area contributed by atoms with Crippen LogP contribution in [0.1, 0.15) is 24.1 Å². The minimum atomic E-state index is 0.227. The van der Waals surface area contributed by atoms with E-state index in [1.807, 2.05) is 12.4 Å². The van der Waals surface area contributed by atoms with Gasteiger partial charge in [0.05, 0.1) is 12.6 Å². The first-order chi connectivity index (χ1) is 9.22. The second-order valence-electron chi connectivity index (χ2n) is 4.66. The maximum atomic E-state index is 5.10. The first-order valence-corrected chi connectivity index (χ1v) is 6.54. The van der Waals surface area contributed by atoms with Gasteiger partial charge in [0.2, 0.25) is 5.95 Å². The second-order valence-corrected chi connectivity index (χ2v) is 4.66. The third kappa shape index (κ3) is 3.35. The number of anilines is 1. The summed E-state index contributed by atoms with van der Waals surface area (Å²) in [5.41, 5.74) is 2.58. The lowest BCUT2D eigenvalue weighted by atomic mass is 10.0. The van der Waals surface area contributed by atoms with Crippen molar-refractivity contribution in [3.63, 3.8) is 0 Å². The van der Waals surface area contributed by atoms with Crippen LogP contribution in [0.15, 0.2) is 36.7 Å². The van der Waals surface area contributed by atoms with E-state index >= 15 is 0 Å². The summed E-state index contributed by atoms with van der Waals surface area (Å²) < 4.78 is 7.17. The number of hydrogen-bond acceptors (Lipinski definition) is 3. The van der Waals surface area contributed by atoms with E-state index in [0.29, 0.717) is 6.61 Å². The highest BCUT2D eigenvalue weighted by Crippen LogP contribution is 2.21. The van der Waals surface area contributed by atoms with Crippen molar-refractivity contribution in [3.05, 3.63) is 47.8 Å². The van der Waals surface area contributed by atoms with E-state index in [1.54, 1.807) is 7.11 Å². The van der Waals surface area contributed by atoms with Gasteiger partial charge in [-0.2, -0.15) is 0 Å². The maximum Gasteiger partial charge on any atom is 0.203 e. The molecule has 2 rings (SSSR count). The fraction of sp³-hybridized carbons (Fsp3) is 0.400. The van der Waals surface area contributed by atoms with Crippen molar-refractivity contribution in [2.75, 3.05) is 19.0 Å². The van der Waals surface area contributed by atoms with Gasteiger partial charge < -0.3 is 14.6 Å². The molecule has 0 radical (unpaired) electrons. The van der Waals surface area contributed by atoms with Crippen LogP contribution in [0.5, 0.6) is 0 Å². The smallest absolute Gasteiger partial charge is 0.203 e.